The van der Waals surface area contributed by atoms with Crippen molar-refractivity contribution < 1.29 is 14.7 Å². The first-order valence-electron chi connectivity index (χ1n) is 6.46. The molecule has 0 saturated heterocycles. The van der Waals surface area contributed by atoms with Gasteiger partial charge in [0.25, 0.3) is 0 Å². The maximum absolute atomic E-state index is 12.3. The summed E-state index contributed by atoms with van der Waals surface area (Å²) in [4.78, 5) is 25.0. The van der Waals surface area contributed by atoms with Crippen LogP contribution in [-0.4, -0.2) is 41.6 Å². The Bertz CT molecular complexity index is 533. The van der Waals surface area contributed by atoms with Gasteiger partial charge in [0.15, 0.2) is 0 Å². The van der Waals surface area contributed by atoms with Gasteiger partial charge < -0.3 is 15.7 Å². The van der Waals surface area contributed by atoms with E-state index in [0.717, 1.165) is 17.7 Å². The van der Waals surface area contributed by atoms with Crippen LogP contribution >= 0.6 is 11.8 Å². The molecule has 1 heterocycles. The third-order valence-electron chi connectivity index (χ3n) is 3.44. The van der Waals surface area contributed by atoms with Gasteiger partial charge in [0.1, 0.15) is 0 Å². The standard InChI is InChI=1S/C14H18N2O3S/c1-20-7-5-11(15)13(17)16-6-4-9-2-3-10(14(18)19)8-12(9)16/h2-3,8,11H,4-7,15H2,1H3,(H,18,19)/t11-/m0/s1. The number of carboxylic acids is 1. The number of fused-ring (bicyclic) bond motifs is 1. The van der Waals surface area contributed by atoms with Gasteiger partial charge in [-0.3, -0.25) is 4.79 Å². The Kier molecular flexibility index (Phi) is 4.67. The molecule has 1 amide bonds. The predicted octanol–water partition coefficient (Wildman–Crippen LogP) is 1.35. The minimum absolute atomic E-state index is 0.125. The minimum Gasteiger partial charge on any atom is -0.478 e. The molecule has 0 aliphatic carbocycles. The number of hydrogen-bond acceptors (Lipinski definition) is 4. The van der Waals surface area contributed by atoms with Gasteiger partial charge in [-0.2, -0.15) is 11.8 Å². The lowest BCUT2D eigenvalue weighted by Gasteiger charge is -2.21. The van der Waals surface area contributed by atoms with E-state index in [-0.39, 0.29) is 11.5 Å². The quantitative estimate of drug-likeness (QED) is 0.856. The van der Waals surface area contributed by atoms with Gasteiger partial charge in [0.2, 0.25) is 5.91 Å². The van der Waals surface area contributed by atoms with Crippen LogP contribution in [0.3, 0.4) is 0 Å². The van der Waals surface area contributed by atoms with E-state index in [1.807, 2.05) is 6.26 Å². The second kappa shape index (κ2) is 6.28. The summed E-state index contributed by atoms with van der Waals surface area (Å²) in [6.45, 7) is 0.574. The van der Waals surface area contributed by atoms with Gasteiger partial charge in [-0.25, -0.2) is 4.79 Å². The Balaban J connectivity index is 2.19. The second-order valence-corrected chi connectivity index (χ2v) is 5.76. The first-order valence-corrected chi connectivity index (χ1v) is 7.86. The van der Waals surface area contributed by atoms with E-state index in [1.54, 1.807) is 34.9 Å². The summed E-state index contributed by atoms with van der Waals surface area (Å²) < 4.78 is 0. The van der Waals surface area contributed by atoms with Crippen LogP contribution in [0.5, 0.6) is 0 Å². The van der Waals surface area contributed by atoms with Gasteiger partial charge in [0, 0.05) is 12.2 Å². The van der Waals surface area contributed by atoms with E-state index in [0.29, 0.717) is 18.7 Å². The molecule has 0 fully saturated rings. The average Bonchev–Trinajstić information content (AvgIpc) is 2.86. The normalized spacial score (nSPS) is 15.0. The number of benzene rings is 1. The number of carbonyl (C=O) groups excluding carboxylic acids is 1. The van der Waals surface area contributed by atoms with Crippen LogP contribution in [0.2, 0.25) is 0 Å². The highest BCUT2D eigenvalue weighted by atomic mass is 32.2. The van der Waals surface area contributed by atoms with Crippen LogP contribution in [0.4, 0.5) is 5.69 Å². The maximum Gasteiger partial charge on any atom is 0.335 e. The molecule has 3 N–H and O–H groups in total. The van der Waals surface area contributed by atoms with E-state index in [9.17, 15) is 9.59 Å². The average molecular weight is 294 g/mol. The summed E-state index contributed by atoms with van der Waals surface area (Å²) in [6.07, 6.45) is 3.35. The second-order valence-electron chi connectivity index (χ2n) is 4.78. The Morgan fingerprint density at radius 3 is 2.90 bits per heavy atom. The predicted molar refractivity (Wildman–Crippen MR) is 80.4 cm³/mol. The van der Waals surface area contributed by atoms with Crippen molar-refractivity contribution in [3.8, 4) is 0 Å². The molecule has 1 aromatic carbocycles. The third kappa shape index (κ3) is 2.96. The van der Waals surface area contributed by atoms with Crippen molar-refractivity contribution in [2.75, 3.05) is 23.5 Å². The Hall–Kier alpha value is -1.53. The topological polar surface area (TPSA) is 83.6 Å². The van der Waals surface area contributed by atoms with E-state index < -0.39 is 12.0 Å². The number of thioether (sulfide) groups is 1. The molecule has 0 aromatic heterocycles. The number of rotatable bonds is 5. The third-order valence-corrected chi connectivity index (χ3v) is 4.09. The zero-order chi connectivity index (χ0) is 14.7. The first kappa shape index (κ1) is 14.9. The molecule has 0 unspecified atom stereocenters. The molecule has 2 rings (SSSR count). The molecular weight excluding hydrogens is 276 g/mol. The van der Waals surface area contributed by atoms with Gasteiger partial charge >= 0.3 is 5.97 Å². The van der Waals surface area contributed by atoms with Crippen LogP contribution in [0, 0.1) is 0 Å². The van der Waals surface area contributed by atoms with Crippen LogP contribution in [-0.2, 0) is 11.2 Å². The Morgan fingerprint density at radius 1 is 1.50 bits per heavy atom. The van der Waals surface area contributed by atoms with Crippen molar-refractivity contribution in [1.29, 1.82) is 0 Å². The van der Waals surface area contributed by atoms with Crippen molar-refractivity contribution in [3.05, 3.63) is 29.3 Å². The highest BCUT2D eigenvalue weighted by Gasteiger charge is 2.28. The highest BCUT2D eigenvalue weighted by Crippen LogP contribution is 2.29. The summed E-state index contributed by atoms with van der Waals surface area (Å²) in [6, 6.07) is 4.38. The smallest absolute Gasteiger partial charge is 0.335 e. The van der Waals surface area contributed by atoms with E-state index >= 15 is 0 Å². The first-order chi connectivity index (χ1) is 9.54. The number of aromatic carboxylic acids is 1. The number of carboxylic acid groups (broad SMARTS) is 1. The lowest BCUT2D eigenvalue weighted by Crippen LogP contribution is -2.43. The van der Waals surface area contributed by atoms with E-state index in [4.69, 9.17) is 10.8 Å². The fourth-order valence-electron chi connectivity index (χ4n) is 2.31. The summed E-state index contributed by atoms with van der Waals surface area (Å²) in [5, 5.41) is 9.04. The number of nitrogens with zero attached hydrogens (tertiary/aromatic N) is 1. The largest absolute Gasteiger partial charge is 0.478 e. The summed E-state index contributed by atoms with van der Waals surface area (Å²) >= 11 is 1.65. The van der Waals surface area contributed by atoms with Crippen molar-refractivity contribution >= 4 is 29.3 Å². The molecule has 108 valence electrons. The monoisotopic (exact) mass is 294 g/mol. The number of carbonyl (C=O) groups is 2. The SMILES string of the molecule is CSCC[C@H](N)C(=O)N1CCc2ccc(C(=O)O)cc21. The number of nitrogens with two attached hydrogens (primary N) is 1. The molecule has 1 aliphatic rings. The zero-order valence-corrected chi connectivity index (χ0v) is 12.2. The molecule has 1 aliphatic heterocycles. The van der Waals surface area contributed by atoms with Crippen LogP contribution in [0.15, 0.2) is 18.2 Å². The van der Waals surface area contributed by atoms with Crippen LogP contribution < -0.4 is 10.6 Å². The molecule has 0 saturated carbocycles. The zero-order valence-electron chi connectivity index (χ0n) is 11.3. The summed E-state index contributed by atoms with van der Waals surface area (Å²) in [5.74, 6) is -0.276. The molecule has 5 nitrogen and oxygen atoms in total. The molecule has 6 heteroatoms. The van der Waals surface area contributed by atoms with Crippen molar-refractivity contribution in [2.24, 2.45) is 5.73 Å². The lowest BCUT2D eigenvalue weighted by molar-refractivity contribution is -0.119. The van der Waals surface area contributed by atoms with Gasteiger partial charge in [-0.15, -0.1) is 0 Å². The maximum atomic E-state index is 12.3. The van der Waals surface area contributed by atoms with Crippen LogP contribution in [0.1, 0.15) is 22.3 Å². The fraction of sp³-hybridized carbons (Fsp3) is 0.429. The van der Waals surface area contributed by atoms with E-state index in [2.05, 4.69) is 0 Å². The van der Waals surface area contributed by atoms with E-state index in [1.165, 1.54) is 0 Å². The summed E-state index contributed by atoms with van der Waals surface area (Å²) in [5.41, 5.74) is 7.80. The lowest BCUT2D eigenvalue weighted by atomic mass is 10.1. The number of hydrogen-bond donors (Lipinski definition) is 2. The fourth-order valence-corrected chi connectivity index (χ4v) is 2.80. The summed E-state index contributed by atoms with van der Waals surface area (Å²) in [7, 11) is 0. The molecule has 1 aromatic rings. The van der Waals surface area contributed by atoms with Gasteiger partial charge in [-0.05, 0) is 42.5 Å². The van der Waals surface area contributed by atoms with Crippen molar-refractivity contribution in [1.82, 2.24) is 0 Å². The number of amides is 1. The Morgan fingerprint density at radius 2 is 2.25 bits per heavy atom. The molecule has 0 spiro atoms. The van der Waals surface area contributed by atoms with Crippen molar-refractivity contribution in [3.63, 3.8) is 0 Å². The molecule has 1 atom stereocenters. The van der Waals surface area contributed by atoms with Crippen molar-refractivity contribution in [2.45, 2.75) is 18.9 Å². The molecular formula is C14H18N2O3S. The molecule has 0 bridgehead atoms. The molecule has 20 heavy (non-hydrogen) atoms. The molecule has 0 radical (unpaired) electrons. The van der Waals surface area contributed by atoms with Gasteiger partial charge in [-0.1, -0.05) is 6.07 Å². The van der Waals surface area contributed by atoms with Gasteiger partial charge in [0.05, 0.1) is 11.6 Å². The minimum atomic E-state index is -0.987. The van der Waals surface area contributed by atoms with Crippen LogP contribution in [0.25, 0.3) is 0 Å². The Labute approximate surface area is 122 Å². The number of anilines is 1. The highest BCUT2D eigenvalue weighted by molar-refractivity contribution is 7.98.